The van der Waals surface area contributed by atoms with Gasteiger partial charge in [0, 0.05) is 0 Å². The Hall–Kier alpha value is -1.05. The van der Waals surface area contributed by atoms with Crippen molar-refractivity contribution in [1.82, 2.24) is 0 Å². The number of phenolic OH excluding ortho intramolecular Hbond substituents is 1. The topological polar surface area (TPSA) is 20.2 Å². The van der Waals surface area contributed by atoms with Crippen molar-refractivity contribution in [1.29, 1.82) is 0 Å². The summed E-state index contributed by atoms with van der Waals surface area (Å²) in [5.41, 5.74) is 1.01. The lowest BCUT2D eigenvalue weighted by Gasteiger charge is -2.11. The molecule has 14 heavy (non-hydrogen) atoms. The Balaban J connectivity index is 2.70. The number of halogens is 1. The van der Waals surface area contributed by atoms with E-state index in [1.54, 1.807) is 6.07 Å². The Morgan fingerprint density at radius 1 is 1.43 bits per heavy atom. The molecular formula is C12H17FO. The number of rotatable bonds is 4. The van der Waals surface area contributed by atoms with Crippen LogP contribution in [0.4, 0.5) is 4.39 Å². The summed E-state index contributed by atoms with van der Waals surface area (Å²) >= 11 is 0. The summed E-state index contributed by atoms with van der Waals surface area (Å²) in [5, 5.41) is 9.20. The SMILES string of the molecule is CCCCC(C)c1ccc(F)c(O)c1. The monoisotopic (exact) mass is 196 g/mol. The third-order valence-electron chi connectivity index (χ3n) is 2.53. The number of aromatic hydroxyl groups is 1. The number of hydrogen-bond donors (Lipinski definition) is 1. The van der Waals surface area contributed by atoms with Crippen molar-refractivity contribution in [2.24, 2.45) is 0 Å². The van der Waals surface area contributed by atoms with Crippen LogP contribution in [-0.4, -0.2) is 5.11 Å². The van der Waals surface area contributed by atoms with E-state index >= 15 is 0 Å². The van der Waals surface area contributed by atoms with E-state index in [4.69, 9.17) is 0 Å². The van der Waals surface area contributed by atoms with Gasteiger partial charge in [0.25, 0.3) is 0 Å². The van der Waals surface area contributed by atoms with Crippen molar-refractivity contribution in [3.05, 3.63) is 29.6 Å². The molecule has 0 heterocycles. The van der Waals surface area contributed by atoms with Gasteiger partial charge in [-0.15, -0.1) is 0 Å². The average molecular weight is 196 g/mol. The first kappa shape index (κ1) is 11.0. The normalized spacial score (nSPS) is 12.8. The van der Waals surface area contributed by atoms with Gasteiger partial charge < -0.3 is 5.11 Å². The lowest BCUT2D eigenvalue weighted by molar-refractivity contribution is 0.430. The van der Waals surface area contributed by atoms with Gasteiger partial charge in [0.1, 0.15) is 0 Å². The standard InChI is InChI=1S/C12H17FO/c1-3-4-5-9(2)10-6-7-11(13)12(14)8-10/h6-9,14H,3-5H2,1-2H3. The molecule has 1 aromatic carbocycles. The van der Waals surface area contributed by atoms with Gasteiger partial charge in [-0.1, -0.05) is 32.8 Å². The van der Waals surface area contributed by atoms with E-state index in [0.717, 1.165) is 18.4 Å². The van der Waals surface area contributed by atoms with Gasteiger partial charge in [-0.3, -0.25) is 0 Å². The molecule has 0 fully saturated rings. The summed E-state index contributed by atoms with van der Waals surface area (Å²) in [7, 11) is 0. The number of phenols is 1. The average Bonchev–Trinajstić information content (AvgIpc) is 2.18. The quantitative estimate of drug-likeness (QED) is 0.776. The summed E-state index contributed by atoms with van der Waals surface area (Å²) < 4.78 is 12.8. The van der Waals surface area contributed by atoms with Crippen LogP contribution in [0.2, 0.25) is 0 Å². The Bertz CT molecular complexity index is 296. The van der Waals surface area contributed by atoms with Crippen LogP contribution in [0.5, 0.6) is 5.75 Å². The molecule has 1 atom stereocenters. The van der Waals surface area contributed by atoms with E-state index in [0.29, 0.717) is 5.92 Å². The number of unbranched alkanes of at least 4 members (excludes halogenated alkanes) is 1. The Labute approximate surface area is 84.6 Å². The second-order valence-corrected chi connectivity index (χ2v) is 3.75. The molecule has 0 spiro atoms. The molecular weight excluding hydrogens is 179 g/mol. The molecule has 1 aromatic rings. The zero-order chi connectivity index (χ0) is 10.6. The first-order chi connectivity index (χ1) is 6.65. The van der Waals surface area contributed by atoms with Crippen LogP contribution in [0.3, 0.4) is 0 Å². The second-order valence-electron chi connectivity index (χ2n) is 3.75. The van der Waals surface area contributed by atoms with Gasteiger partial charge >= 0.3 is 0 Å². The minimum Gasteiger partial charge on any atom is -0.505 e. The molecule has 1 unspecified atom stereocenters. The Kier molecular flexibility index (Phi) is 3.93. The molecule has 0 aliphatic rings. The van der Waals surface area contributed by atoms with E-state index in [1.165, 1.54) is 18.6 Å². The highest BCUT2D eigenvalue weighted by molar-refractivity contribution is 5.30. The van der Waals surface area contributed by atoms with Gasteiger partial charge in [-0.05, 0) is 30.0 Å². The highest BCUT2D eigenvalue weighted by Gasteiger charge is 2.07. The van der Waals surface area contributed by atoms with Gasteiger partial charge in [-0.2, -0.15) is 0 Å². The van der Waals surface area contributed by atoms with E-state index in [2.05, 4.69) is 13.8 Å². The van der Waals surface area contributed by atoms with Crippen molar-refractivity contribution in [3.8, 4) is 5.75 Å². The third kappa shape index (κ3) is 2.72. The molecule has 0 radical (unpaired) electrons. The maximum Gasteiger partial charge on any atom is 0.164 e. The number of benzene rings is 1. The summed E-state index contributed by atoms with van der Waals surface area (Å²) in [4.78, 5) is 0. The molecule has 1 nitrogen and oxygen atoms in total. The fourth-order valence-electron chi connectivity index (χ4n) is 1.51. The highest BCUT2D eigenvalue weighted by Crippen LogP contribution is 2.25. The van der Waals surface area contributed by atoms with Crippen molar-refractivity contribution in [3.63, 3.8) is 0 Å². The zero-order valence-electron chi connectivity index (χ0n) is 8.76. The fraction of sp³-hybridized carbons (Fsp3) is 0.500. The van der Waals surface area contributed by atoms with E-state index in [-0.39, 0.29) is 5.75 Å². The predicted octanol–water partition coefficient (Wildman–Crippen LogP) is 3.83. The molecule has 78 valence electrons. The summed E-state index contributed by atoms with van der Waals surface area (Å²) in [5.74, 6) is -0.399. The smallest absolute Gasteiger partial charge is 0.164 e. The summed E-state index contributed by atoms with van der Waals surface area (Å²) in [6.07, 6.45) is 3.42. The van der Waals surface area contributed by atoms with Crippen LogP contribution in [0.15, 0.2) is 18.2 Å². The molecule has 0 aromatic heterocycles. The molecule has 0 saturated heterocycles. The lowest BCUT2D eigenvalue weighted by atomic mass is 9.95. The molecule has 0 aliphatic carbocycles. The maximum atomic E-state index is 12.8. The van der Waals surface area contributed by atoms with Gasteiger partial charge in [0.05, 0.1) is 0 Å². The van der Waals surface area contributed by atoms with Crippen LogP contribution in [0.25, 0.3) is 0 Å². The zero-order valence-corrected chi connectivity index (χ0v) is 8.76. The molecule has 1 rings (SSSR count). The van der Waals surface area contributed by atoms with Crippen LogP contribution >= 0.6 is 0 Å². The first-order valence-corrected chi connectivity index (χ1v) is 5.13. The first-order valence-electron chi connectivity index (χ1n) is 5.13. The summed E-state index contributed by atoms with van der Waals surface area (Å²) in [6.45, 7) is 4.25. The van der Waals surface area contributed by atoms with Crippen molar-refractivity contribution < 1.29 is 9.50 Å². The molecule has 0 saturated carbocycles. The highest BCUT2D eigenvalue weighted by atomic mass is 19.1. The molecule has 0 amide bonds. The second kappa shape index (κ2) is 4.99. The van der Waals surface area contributed by atoms with Gasteiger partial charge in [0.15, 0.2) is 11.6 Å². The van der Waals surface area contributed by atoms with E-state index in [9.17, 15) is 9.50 Å². The van der Waals surface area contributed by atoms with Gasteiger partial charge in [-0.25, -0.2) is 4.39 Å². The maximum absolute atomic E-state index is 12.8. The minimum atomic E-state index is -0.545. The van der Waals surface area contributed by atoms with Crippen LogP contribution in [-0.2, 0) is 0 Å². The van der Waals surface area contributed by atoms with Gasteiger partial charge in [0.2, 0.25) is 0 Å². The third-order valence-corrected chi connectivity index (χ3v) is 2.53. The molecule has 2 heteroatoms. The minimum absolute atomic E-state index is 0.245. The van der Waals surface area contributed by atoms with Crippen LogP contribution in [0, 0.1) is 5.82 Å². The molecule has 1 N–H and O–H groups in total. The summed E-state index contributed by atoms with van der Waals surface area (Å²) in [6, 6.07) is 4.60. The largest absolute Gasteiger partial charge is 0.505 e. The Morgan fingerprint density at radius 2 is 2.14 bits per heavy atom. The molecule has 0 aliphatic heterocycles. The van der Waals surface area contributed by atoms with Crippen LogP contribution in [0.1, 0.15) is 44.6 Å². The van der Waals surface area contributed by atoms with E-state index in [1.807, 2.05) is 0 Å². The molecule has 0 bridgehead atoms. The lowest BCUT2D eigenvalue weighted by Crippen LogP contribution is -1.93. The predicted molar refractivity (Wildman–Crippen MR) is 56.0 cm³/mol. The van der Waals surface area contributed by atoms with Crippen molar-refractivity contribution in [2.45, 2.75) is 39.0 Å². The fourth-order valence-corrected chi connectivity index (χ4v) is 1.51. The Morgan fingerprint density at radius 3 is 2.71 bits per heavy atom. The van der Waals surface area contributed by atoms with Crippen molar-refractivity contribution >= 4 is 0 Å². The number of hydrogen-bond acceptors (Lipinski definition) is 1. The van der Waals surface area contributed by atoms with E-state index < -0.39 is 5.82 Å². The van der Waals surface area contributed by atoms with Crippen molar-refractivity contribution in [2.75, 3.05) is 0 Å². The van der Waals surface area contributed by atoms with Crippen LogP contribution < -0.4 is 0 Å².